The number of aromatic nitrogens is 3. The molecule has 5 saturated carbocycles. The van der Waals surface area contributed by atoms with Gasteiger partial charge in [0, 0.05) is 30.9 Å². The number of nitrogens with zero attached hydrogens (tertiary/aromatic N) is 4. The van der Waals surface area contributed by atoms with Gasteiger partial charge in [0.1, 0.15) is 17.5 Å². The summed E-state index contributed by atoms with van der Waals surface area (Å²) in [7, 11) is 1.61. The molecule has 1 unspecified atom stereocenters. The zero-order valence-electron chi connectivity index (χ0n) is 22.9. The number of hydrogen-bond acceptors (Lipinski definition) is 9. The summed E-state index contributed by atoms with van der Waals surface area (Å²) in [5, 5.41) is 30.4. The summed E-state index contributed by atoms with van der Waals surface area (Å²) in [6.07, 6.45) is 13.9. The van der Waals surface area contributed by atoms with Crippen LogP contribution in [-0.2, 0) is 6.54 Å². The second-order valence-corrected chi connectivity index (χ2v) is 12.5. The molecule has 39 heavy (non-hydrogen) atoms. The van der Waals surface area contributed by atoms with Crippen LogP contribution in [0.2, 0.25) is 0 Å². The number of pyridine rings is 1. The number of nitrogens with one attached hydrogen (secondary N) is 3. The molecule has 0 amide bonds. The van der Waals surface area contributed by atoms with E-state index >= 15 is 0 Å². The predicted molar refractivity (Wildman–Crippen MR) is 149 cm³/mol. The van der Waals surface area contributed by atoms with Crippen LogP contribution in [0, 0.1) is 40.4 Å². The molecule has 0 aliphatic heterocycles. The Morgan fingerprint density at radius 3 is 2.64 bits per heavy atom. The van der Waals surface area contributed by atoms with Gasteiger partial charge in [0.15, 0.2) is 0 Å². The van der Waals surface area contributed by atoms with Crippen molar-refractivity contribution in [1.29, 1.82) is 5.26 Å². The molecule has 2 aromatic rings. The number of methoxy groups -OCH3 is 1. The van der Waals surface area contributed by atoms with E-state index in [1.54, 1.807) is 19.5 Å². The van der Waals surface area contributed by atoms with Crippen LogP contribution >= 0.6 is 0 Å². The standard InChI is InChI=1S/C30H41N7O2/c1-39-28-21(3-2-8-32-28)16-34-29-35-17-24(14-31)27(37-29)36-18-30-11-20-9-22(12-30)26(23(10-20)13-30)33-15-19-4-6-25(38)7-5-19/h2-3,8,17,19-20,22-23,25-26,33,38H,4-7,9-13,15-16,18H2,1H3,(H2,34,35,36,37)/t19-,20?,22-,23+,25-,26-,30-. The molecule has 0 spiro atoms. The molecule has 4 N–H and O–H groups in total. The topological polar surface area (TPSA) is 128 Å². The molecule has 4 bridgehead atoms. The number of aliphatic hydroxyl groups is 1. The number of hydrogen-bond donors (Lipinski definition) is 4. The fourth-order valence-electron chi connectivity index (χ4n) is 8.27. The number of aliphatic hydroxyl groups excluding tert-OH is 1. The first-order valence-corrected chi connectivity index (χ1v) is 14.7. The maximum atomic E-state index is 9.85. The van der Waals surface area contributed by atoms with Crippen molar-refractivity contribution in [2.24, 2.45) is 29.1 Å². The minimum atomic E-state index is -0.0808. The zero-order valence-corrected chi connectivity index (χ0v) is 22.9. The van der Waals surface area contributed by atoms with Crippen LogP contribution in [0.3, 0.4) is 0 Å². The molecule has 2 aromatic heterocycles. The Kier molecular flexibility index (Phi) is 7.59. The predicted octanol–water partition coefficient (Wildman–Crippen LogP) is 4.11. The van der Waals surface area contributed by atoms with Crippen molar-refractivity contribution in [2.45, 2.75) is 76.5 Å². The molecule has 9 nitrogen and oxygen atoms in total. The molecule has 5 aliphatic rings. The van der Waals surface area contributed by atoms with Crippen LogP contribution in [0.5, 0.6) is 5.88 Å². The molecule has 5 fully saturated rings. The first-order valence-electron chi connectivity index (χ1n) is 14.7. The maximum Gasteiger partial charge on any atom is 0.224 e. The summed E-state index contributed by atoms with van der Waals surface area (Å²) in [5.41, 5.74) is 1.67. The summed E-state index contributed by atoms with van der Waals surface area (Å²) in [6, 6.07) is 6.72. The molecule has 0 saturated heterocycles. The second kappa shape index (κ2) is 11.3. The van der Waals surface area contributed by atoms with Crippen LogP contribution in [0.15, 0.2) is 24.5 Å². The maximum absolute atomic E-state index is 9.85. The Hall–Kier alpha value is -2.96. The van der Waals surface area contributed by atoms with Crippen LogP contribution < -0.4 is 20.7 Å². The summed E-state index contributed by atoms with van der Waals surface area (Å²) >= 11 is 0. The van der Waals surface area contributed by atoms with Crippen LogP contribution in [0.1, 0.15) is 68.9 Å². The Morgan fingerprint density at radius 1 is 1.10 bits per heavy atom. The number of rotatable bonds is 10. The molecule has 0 radical (unpaired) electrons. The first kappa shape index (κ1) is 26.3. The summed E-state index contributed by atoms with van der Waals surface area (Å²) < 4.78 is 5.35. The highest BCUT2D eigenvalue weighted by Gasteiger charge is 2.55. The molecule has 7 rings (SSSR count). The van der Waals surface area contributed by atoms with Gasteiger partial charge in [-0.05, 0) is 99.5 Å². The Bertz CT molecular complexity index is 1180. The highest BCUT2D eigenvalue weighted by molar-refractivity contribution is 5.53. The molecular weight excluding hydrogens is 490 g/mol. The van der Waals surface area contributed by atoms with Crippen molar-refractivity contribution in [1.82, 2.24) is 20.3 Å². The molecule has 5 aliphatic carbocycles. The van der Waals surface area contributed by atoms with Crippen molar-refractivity contribution in [3.63, 3.8) is 0 Å². The lowest BCUT2D eigenvalue weighted by atomic mass is 9.48. The Balaban J connectivity index is 1.08. The van der Waals surface area contributed by atoms with Gasteiger partial charge < -0.3 is 25.8 Å². The lowest BCUT2D eigenvalue weighted by Gasteiger charge is -2.60. The first-order chi connectivity index (χ1) is 19.0. The van der Waals surface area contributed by atoms with Crippen molar-refractivity contribution in [3.8, 4) is 11.9 Å². The normalized spacial score (nSPS) is 32.9. The van der Waals surface area contributed by atoms with Crippen molar-refractivity contribution in [3.05, 3.63) is 35.7 Å². The van der Waals surface area contributed by atoms with E-state index in [-0.39, 0.29) is 11.5 Å². The molecular formula is C30H41N7O2. The van der Waals surface area contributed by atoms with Crippen molar-refractivity contribution < 1.29 is 9.84 Å². The average Bonchev–Trinajstić information content (AvgIpc) is 2.95. The Labute approximate surface area is 231 Å². The van der Waals surface area contributed by atoms with E-state index < -0.39 is 0 Å². The summed E-state index contributed by atoms with van der Waals surface area (Å²) in [4.78, 5) is 13.3. The molecule has 0 aromatic carbocycles. The monoisotopic (exact) mass is 531 g/mol. The van der Waals surface area contributed by atoms with Gasteiger partial charge in [-0.25, -0.2) is 9.97 Å². The van der Waals surface area contributed by atoms with E-state index in [1.165, 1.54) is 32.1 Å². The van der Waals surface area contributed by atoms with Crippen molar-refractivity contribution >= 4 is 11.8 Å². The van der Waals surface area contributed by atoms with Gasteiger partial charge in [0.2, 0.25) is 11.8 Å². The Morgan fingerprint density at radius 2 is 1.90 bits per heavy atom. The molecule has 2 heterocycles. The van der Waals surface area contributed by atoms with Gasteiger partial charge >= 0.3 is 0 Å². The lowest BCUT2D eigenvalue weighted by Crippen LogP contribution is -2.60. The third-order valence-corrected chi connectivity index (χ3v) is 9.88. The van der Waals surface area contributed by atoms with Gasteiger partial charge in [-0.1, -0.05) is 6.07 Å². The summed E-state index contributed by atoms with van der Waals surface area (Å²) in [6.45, 7) is 2.44. The minimum Gasteiger partial charge on any atom is -0.481 e. The quantitative estimate of drug-likeness (QED) is 0.358. The minimum absolute atomic E-state index is 0.0808. The third kappa shape index (κ3) is 5.68. The number of anilines is 2. The van der Waals surface area contributed by atoms with E-state index in [4.69, 9.17) is 4.74 Å². The van der Waals surface area contributed by atoms with Gasteiger partial charge in [0.05, 0.1) is 19.4 Å². The van der Waals surface area contributed by atoms with E-state index in [1.807, 2.05) is 12.1 Å². The van der Waals surface area contributed by atoms with Gasteiger partial charge in [-0.3, -0.25) is 0 Å². The average molecular weight is 532 g/mol. The molecule has 5 atom stereocenters. The van der Waals surface area contributed by atoms with E-state index in [0.717, 1.165) is 62.1 Å². The fourth-order valence-corrected chi connectivity index (χ4v) is 8.27. The van der Waals surface area contributed by atoms with E-state index in [9.17, 15) is 10.4 Å². The van der Waals surface area contributed by atoms with Crippen LogP contribution in [0.25, 0.3) is 0 Å². The lowest BCUT2D eigenvalue weighted by molar-refractivity contribution is -0.0704. The van der Waals surface area contributed by atoms with Gasteiger partial charge in [-0.2, -0.15) is 10.2 Å². The van der Waals surface area contributed by atoms with Crippen molar-refractivity contribution in [2.75, 3.05) is 30.8 Å². The molecule has 9 heteroatoms. The second-order valence-electron chi connectivity index (χ2n) is 12.5. The molecule has 208 valence electrons. The zero-order chi connectivity index (χ0) is 26.8. The van der Waals surface area contributed by atoms with Crippen LogP contribution in [-0.4, -0.2) is 52.4 Å². The highest BCUT2D eigenvalue weighted by atomic mass is 16.5. The SMILES string of the molecule is COc1ncccc1CNc1ncc(C#N)c(NC[C@]23CC4C[C@H](C2)[C@@H](NC[C@H]2CC[C@H](O)CC2)[C@@H](C4)C3)n1. The highest BCUT2D eigenvalue weighted by Crippen LogP contribution is 2.60. The third-order valence-electron chi connectivity index (χ3n) is 9.88. The van der Waals surface area contributed by atoms with Gasteiger partial charge in [0.25, 0.3) is 0 Å². The van der Waals surface area contributed by atoms with E-state index in [2.05, 4.69) is 37.0 Å². The van der Waals surface area contributed by atoms with Crippen LogP contribution in [0.4, 0.5) is 11.8 Å². The largest absolute Gasteiger partial charge is 0.481 e. The summed E-state index contributed by atoms with van der Waals surface area (Å²) in [5.74, 6) is 4.67. The smallest absolute Gasteiger partial charge is 0.224 e. The van der Waals surface area contributed by atoms with Gasteiger partial charge in [-0.15, -0.1) is 0 Å². The fraction of sp³-hybridized carbons (Fsp3) is 0.667. The van der Waals surface area contributed by atoms with E-state index in [0.29, 0.717) is 41.7 Å². The number of nitriles is 1. The number of ether oxygens (including phenoxy) is 1.